The van der Waals surface area contributed by atoms with Crippen LogP contribution in [0.15, 0.2) is 30.3 Å². The van der Waals surface area contributed by atoms with Gasteiger partial charge in [-0.1, -0.05) is 30.3 Å². The van der Waals surface area contributed by atoms with E-state index in [2.05, 4.69) is 30.1 Å². The Balaban J connectivity index is 1.95. The van der Waals surface area contributed by atoms with Gasteiger partial charge in [-0.25, -0.2) is 4.79 Å². The van der Waals surface area contributed by atoms with Crippen LogP contribution in [0.3, 0.4) is 0 Å². The fourth-order valence-corrected chi connectivity index (χ4v) is 3.02. The number of nitrogens with one attached hydrogen (secondary N) is 1. The maximum atomic E-state index is 12.5. The van der Waals surface area contributed by atoms with E-state index in [1.807, 2.05) is 42.2 Å². The smallest absolute Gasteiger partial charge is 0.317 e. The lowest BCUT2D eigenvalue weighted by Gasteiger charge is -2.43. The number of amides is 2. The zero-order chi connectivity index (χ0) is 16.1. The second kappa shape index (κ2) is 7.28. The monoisotopic (exact) mass is 300 g/mol. The van der Waals surface area contributed by atoms with E-state index < -0.39 is 0 Å². The summed E-state index contributed by atoms with van der Waals surface area (Å²) in [5.41, 5.74) is 1.10. The minimum absolute atomic E-state index is 0.0172. The van der Waals surface area contributed by atoms with E-state index in [9.17, 15) is 4.79 Å². The van der Waals surface area contributed by atoms with Crippen LogP contribution in [0, 0.1) is 11.3 Å². The molecule has 2 amide bonds. The predicted octanol–water partition coefficient (Wildman–Crippen LogP) is 2.38. The zero-order valence-corrected chi connectivity index (χ0v) is 13.5. The van der Waals surface area contributed by atoms with Crippen LogP contribution in [0.2, 0.25) is 0 Å². The molecule has 0 bridgehead atoms. The summed E-state index contributed by atoms with van der Waals surface area (Å²) in [5.74, 6) is 0. The third-order valence-electron chi connectivity index (χ3n) is 4.28. The van der Waals surface area contributed by atoms with Crippen LogP contribution in [0.1, 0.15) is 32.4 Å². The van der Waals surface area contributed by atoms with Crippen LogP contribution in [-0.2, 0) is 0 Å². The number of carbonyl (C=O) groups excluding carboxylic acids is 1. The molecule has 1 aliphatic rings. The van der Waals surface area contributed by atoms with Gasteiger partial charge in [-0.15, -0.1) is 0 Å². The van der Waals surface area contributed by atoms with E-state index in [-0.39, 0.29) is 24.2 Å². The van der Waals surface area contributed by atoms with Gasteiger partial charge in [-0.05, 0) is 26.3 Å². The first-order valence-corrected chi connectivity index (χ1v) is 7.76. The first kappa shape index (κ1) is 16.3. The Bertz CT molecular complexity index is 527. The van der Waals surface area contributed by atoms with Crippen molar-refractivity contribution in [3.63, 3.8) is 0 Å². The third-order valence-corrected chi connectivity index (χ3v) is 4.28. The van der Waals surface area contributed by atoms with Gasteiger partial charge in [0.1, 0.15) is 0 Å². The van der Waals surface area contributed by atoms with Crippen LogP contribution >= 0.6 is 0 Å². The first-order chi connectivity index (χ1) is 10.5. The lowest BCUT2D eigenvalue weighted by atomic mass is 10.1. The summed E-state index contributed by atoms with van der Waals surface area (Å²) < 4.78 is 0. The molecule has 1 saturated heterocycles. The maximum absolute atomic E-state index is 12.5. The molecule has 1 aromatic carbocycles. The van der Waals surface area contributed by atoms with Gasteiger partial charge in [-0.2, -0.15) is 5.26 Å². The summed E-state index contributed by atoms with van der Waals surface area (Å²) in [5, 5.41) is 11.9. The Morgan fingerprint density at radius 3 is 2.45 bits per heavy atom. The topological polar surface area (TPSA) is 59.4 Å². The molecule has 5 heteroatoms. The van der Waals surface area contributed by atoms with Gasteiger partial charge >= 0.3 is 6.03 Å². The molecule has 22 heavy (non-hydrogen) atoms. The van der Waals surface area contributed by atoms with Gasteiger partial charge < -0.3 is 10.2 Å². The molecule has 1 aliphatic heterocycles. The van der Waals surface area contributed by atoms with Crippen molar-refractivity contribution in [3.05, 3.63) is 35.9 Å². The zero-order valence-electron chi connectivity index (χ0n) is 13.5. The Labute approximate surface area is 132 Å². The number of piperazine rings is 1. The molecular weight excluding hydrogens is 276 g/mol. The maximum Gasteiger partial charge on any atom is 0.317 e. The number of benzene rings is 1. The van der Waals surface area contributed by atoms with Crippen molar-refractivity contribution in [3.8, 4) is 6.07 Å². The normalized spacial score (nSPS) is 23.6. The van der Waals surface area contributed by atoms with Crippen molar-refractivity contribution < 1.29 is 4.79 Å². The minimum Gasteiger partial charge on any atom is -0.331 e. The largest absolute Gasteiger partial charge is 0.331 e. The molecule has 0 aliphatic carbocycles. The van der Waals surface area contributed by atoms with Crippen LogP contribution in [0.5, 0.6) is 0 Å². The van der Waals surface area contributed by atoms with Gasteiger partial charge in [0, 0.05) is 25.2 Å². The average Bonchev–Trinajstić information content (AvgIpc) is 2.51. The summed E-state index contributed by atoms with van der Waals surface area (Å²) in [6.45, 7) is 7.84. The number of rotatable bonds is 3. The third kappa shape index (κ3) is 3.77. The molecule has 2 rings (SSSR count). The Morgan fingerprint density at radius 1 is 1.32 bits per heavy atom. The summed E-state index contributed by atoms with van der Waals surface area (Å²) in [6, 6.07) is 12.5. The van der Waals surface area contributed by atoms with Crippen LogP contribution in [-0.4, -0.2) is 47.5 Å². The molecule has 1 N–H and O–H groups in total. The molecule has 1 heterocycles. The second-order valence-corrected chi connectivity index (χ2v) is 6.02. The Hall–Kier alpha value is -2.06. The number of hydrogen-bond donors (Lipinski definition) is 1. The molecule has 5 nitrogen and oxygen atoms in total. The van der Waals surface area contributed by atoms with Crippen LogP contribution < -0.4 is 5.32 Å². The van der Waals surface area contributed by atoms with Crippen molar-refractivity contribution in [2.75, 3.05) is 19.6 Å². The highest BCUT2D eigenvalue weighted by molar-refractivity contribution is 5.75. The van der Waals surface area contributed by atoms with Crippen molar-refractivity contribution in [2.24, 2.45) is 0 Å². The second-order valence-electron chi connectivity index (χ2n) is 6.02. The van der Waals surface area contributed by atoms with Crippen LogP contribution in [0.4, 0.5) is 4.79 Å². The van der Waals surface area contributed by atoms with Crippen molar-refractivity contribution >= 4 is 6.03 Å². The average molecular weight is 300 g/mol. The van der Waals surface area contributed by atoms with E-state index in [4.69, 9.17) is 5.26 Å². The number of carbonyl (C=O) groups is 1. The highest BCUT2D eigenvalue weighted by Crippen LogP contribution is 2.17. The summed E-state index contributed by atoms with van der Waals surface area (Å²) >= 11 is 0. The van der Waals surface area contributed by atoms with E-state index in [1.54, 1.807) is 0 Å². The van der Waals surface area contributed by atoms with E-state index in [0.717, 1.165) is 5.56 Å². The highest BCUT2D eigenvalue weighted by Gasteiger charge is 2.31. The molecular formula is C17H24N4O. The molecule has 0 radical (unpaired) electrons. The summed E-state index contributed by atoms with van der Waals surface area (Å²) in [4.78, 5) is 16.5. The van der Waals surface area contributed by atoms with E-state index in [1.165, 1.54) is 0 Å². The molecule has 0 aromatic heterocycles. The number of nitrogens with zero attached hydrogens (tertiary/aromatic N) is 3. The highest BCUT2D eigenvalue weighted by atomic mass is 16.2. The fourth-order valence-electron chi connectivity index (χ4n) is 3.02. The van der Waals surface area contributed by atoms with Gasteiger partial charge in [0.25, 0.3) is 0 Å². The van der Waals surface area contributed by atoms with Gasteiger partial charge in [0.15, 0.2) is 0 Å². The van der Waals surface area contributed by atoms with Crippen molar-refractivity contribution in [1.29, 1.82) is 5.26 Å². The number of urea groups is 1. The molecule has 3 unspecified atom stereocenters. The quantitative estimate of drug-likeness (QED) is 0.872. The van der Waals surface area contributed by atoms with Crippen LogP contribution in [0.25, 0.3) is 0 Å². The molecule has 118 valence electrons. The lowest BCUT2D eigenvalue weighted by molar-refractivity contribution is 0.0655. The fraction of sp³-hybridized carbons (Fsp3) is 0.529. The SMILES string of the molecule is CC(NC(=O)N1CC(C)N(CC#N)C(C)C1)c1ccccc1. The first-order valence-electron chi connectivity index (χ1n) is 7.76. The predicted molar refractivity (Wildman–Crippen MR) is 86.2 cm³/mol. The van der Waals surface area contributed by atoms with E-state index >= 15 is 0 Å². The molecule has 1 fully saturated rings. The molecule has 1 aromatic rings. The van der Waals surface area contributed by atoms with Crippen molar-refractivity contribution in [2.45, 2.75) is 38.9 Å². The lowest BCUT2D eigenvalue weighted by Crippen LogP contribution is -2.59. The molecule has 3 atom stereocenters. The number of nitriles is 1. The van der Waals surface area contributed by atoms with Gasteiger partial charge in [0.05, 0.1) is 18.7 Å². The summed E-state index contributed by atoms with van der Waals surface area (Å²) in [7, 11) is 0. The Morgan fingerprint density at radius 2 is 1.91 bits per heavy atom. The minimum atomic E-state index is -0.0355. The van der Waals surface area contributed by atoms with E-state index in [0.29, 0.717) is 19.6 Å². The van der Waals surface area contributed by atoms with Gasteiger partial charge in [-0.3, -0.25) is 4.90 Å². The standard InChI is InChI=1S/C17H24N4O/c1-13-11-20(12-14(2)21(13)10-9-18)17(22)19-15(3)16-7-5-4-6-8-16/h4-8,13-15H,10-12H2,1-3H3,(H,19,22). The summed E-state index contributed by atoms with van der Waals surface area (Å²) in [6.07, 6.45) is 0. The van der Waals surface area contributed by atoms with Crippen molar-refractivity contribution in [1.82, 2.24) is 15.1 Å². The molecule has 0 spiro atoms. The number of hydrogen-bond acceptors (Lipinski definition) is 3. The molecule has 0 saturated carbocycles. The Kier molecular flexibility index (Phi) is 5.40. The van der Waals surface area contributed by atoms with Gasteiger partial charge in [0.2, 0.25) is 0 Å².